The fraction of sp³-hybridized carbons (Fsp3) is 0.375. The maximum atomic E-state index is 12.5. The maximum Gasteiger partial charge on any atom is 0.119 e. The number of halogens is 1. The summed E-state index contributed by atoms with van der Waals surface area (Å²) >= 11 is 4.98. The Morgan fingerprint density at radius 1 is 1.60 bits per heavy atom. The van der Waals surface area contributed by atoms with Crippen LogP contribution in [0.15, 0.2) is 24.1 Å². The molecule has 54 valence electrons. The molecule has 1 rings (SSSR count). The number of allylic oxidation sites excluding steroid dienone is 4. The summed E-state index contributed by atoms with van der Waals surface area (Å²) in [5.74, 6) is -0.0274. The minimum atomic E-state index is -0.166. The highest BCUT2D eigenvalue weighted by atomic mass is 32.1. The van der Waals surface area contributed by atoms with Gasteiger partial charge in [0.05, 0.1) is 0 Å². The number of rotatable bonds is 1. The molecule has 0 radical (unpaired) electrons. The average molecular weight is 156 g/mol. The molecular formula is C8H9FS. The van der Waals surface area contributed by atoms with E-state index in [0.717, 1.165) is 11.3 Å². The van der Waals surface area contributed by atoms with E-state index in [1.807, 2.05) is 6.92 Å². The van der Waals surface area contributed by atoms with Crippen LogP contribution in [0.3, 0.4) is 0 Å². The molecule has 0 aromatic carbocycles. The molecule has 0 N–H and O–H groups in total. The Kier molecular flexibility index (Phi) is 2.33. The van der Waals surface area contributed by atoms with Crippen molar-refractivity contribution in [2.45, 2.75) is 13.3 Å². The van der Waals surface area contributed by atoms with Crippen molar-refractivity contribution in [1.82, 2.24) is 0 Å². The molecular weight excluding hydrogens is 147 g/mol. The minimum Gasteiger partial charge on any atom is -0.207 e. The van der Waals surface area contributed by atoms with Crippen molar-refractivity contribution >= 4 is 17.1 Å². The van der Waals surface area contributed by atoms with Crippen LogP contribution in [-0.4, -0.2) is 4.86 Å². The van der Waals surface area contributed by atoms with Gasteiger partial charge in [-0.1, -0.05) is 19.1 Å². The molecule has 1 atom stereocenters. The van der Waals surface area contributed by atoms with Gasteiger partial charge in [0.25, 0.3) is 0 Å². The Hall–Kier alpha value is -0.500. The second-order valence-electron chi connectivity index (χ2n) is 2.30. The summed E-state index contributed by atoms with van der Waals surface area (Å²) < 4.78 is 12.5. The zero-order valence-corrected chi connectivity index (χ0v) is 6.62. The molecule has 0 fully saturated rings. The van der Waals surface area contributed by atoms with Crippen LogP contribution in [0.25, 0.3) is 0 Å². The number of thiocarbonyl (C=S) groups is 1. The van der Waals surface area contributed by atoms with Gasteiger partial charge in [-0.15, -0.1) is 0 Å². The van der Waals surface area contributed by atoms with Gasteiger partial charge in [-0.2, -0.15) is 0 Å². The fourth-order valence-corrected chi connectivity index (χ4v) is 1.24. The lowest BCUT2D eigenvalue weighted by atomic mass is 9.98. The van der Waals surface area contributed by atoms with Crippen LogP contribution >= 0.6 is 12.2 Å². The van der Waals surface area contributed by atoms with Crippen LogP contribution in [0.1, 0.15) is 13.3 Å². The summed E-state index contributed by atoms with van der Waals surface area (Å²) in [6.07, 6.45) is 5.53. The van der Waals surface area contributed by atoms with Gasteiger partial charge >= 0.3 is 0 Å². The van der Waals surface area contributed by atoms with E-state index in [9.17, 15) is 4.39 Å². The van der Waals surface area contributed by atoms with Gasteiger partial charge in [0.15, 0.2) is 0 Å². The van der Waals surface area contributed by atoms with E-state index in [-0.39, 0.29) is 11.7 Å². The summed E-state index contributed by atoms with van der Waals surface area (Å²) in [6, 6.07) is 0. The molecule has 0 spiro atoms. The Labute approximate surface area is 65.4 Å². The summed E-state index contributed by atoms with van der Waals surface area (Å²) in [5.41, 5.74) is 0. The predicted molar refractivity (Wildman–Crippen MR) is 44.7 cm³/mol. The van der Waals surface area contributed by atoms with Crippen LogP contribution < -0.4 is 0 Å². The van der Waals surface area contributed by atoms with Gasteiger partial charge in [0, 0.05) is 10.8 Å². The van der Waals surface area contributed by atoms with Crippen molar-refractivity contribution in [2.24, 2.45) is 5.92 Å². The molecule has 1 aliphatic rings. The third-order valence-corrected chi connectivity index (χ3v) is 2.01. The second kappa shape index (κ2) is 3.06. The maximum absolute atomic E-state index is 12.5. The fourth-order valence-electron chi connectivity index (χ4n) is 0.934. The van der Waals surface area contributed by atoms with E-state index < -0.39 is 0 Å². The molecule has 0 saturated carbocycles. The molecule has 0 saturated heterocycles. The van der Waals surface area contributed by atoms with E-state index in [1.165, 1.54) is 6.08 Å². The van der Waals surface area contributed by atoms with Crippen LogP contribution in [-0.2, 0) is 0 Å². The summed E-state index contributed by atoms with van der Waals surface area (Å²) in [7, 11) is 0. The first-order chi connectivity index (χ1) is 4.74. The van der Waals surface area contributed by atoms with E-state index in [4.69, 9.17) is 12.2 Å². The largest absolute Gasteiger partial charge is 0.207 e. The van der Waals surface area contributed by atoms with Crippen molar-refractivity contribution < 1.29 is 4.39 Å². The summed E-state index contributed by atoms with van der Waals surface area (Å²) in [6.45, 7) is 2.00. The van der Waals surface area contributed by atoms with Gasteiger partial charge < -0.3 is 0 Å². The zero-order valence-electron chi connectivity index (χ0n) is 5.80. The summed E-state index contributed by atoms with van der Waals surface area (Å²) in [4.78, 5) is 0.837. The highest BCUT2D eigenvalue weighted by Crippen LogP contribution is 2.18. The molecule has 0 heterocycles. The lowest BCUT2D eigenvalue weighted by Crippen LogP contribution is -2.08. The molecule has 0 aliphatic heterocycles. The van der Waals surface area contributed by atoms with Gasteiger partial charge in [0.1, 0.15) is 5.83 Å². The monoisotopic (exact) mass is 156 g/mol. The highest BCUT2D eigenvalue weighted by Gasteiger charge is 2.11. The molecule has 0 aromatic rings. The molecule has 0 nitrogen and oxygen atoms in total. The van der Waals surface area contributed by atoms with Crippen LogP contribution in [0.5, 0.6) is 0 Å². The Morgan fingerprint density at radius 3 is 2.80 bits per heavy atom. The first-order valence-corrected chi connectivity index (χ1v) is 3.74. The quantitative estimate of drug-likeness (QED) is 0.526. The van der Waals surface area contributed by atoms with Crippen LogP contribution in [0, 0.1) is 5.92 Å². The van der Waals surface area contributed by atoms with Crippen molar-refractivity contribution in [2.75, 3.05) is 0 Å². The van der Waals surface area contributed by atoms with E-state index in [2.05, 4.69) is 0 Å². The normalized spacial score (nSPS) is 24.8. The van der Waals surface area contributed by atoms with E-state index >= 15 is 0 Å². The average Bonchev–Trinajstić information content (AvgIpc) is 1.94. The first kappa shape index (κ1) is 7.61. The van der Waals surface area contributed by atoms with Gasteiger partial charge in [-0.3, -0.25) is 0 Å². The van der Waals surface area contributed by atoms with Gasteiger partial charge in [-0.25, -0.2) is 4.39 Å². The second-order valence-corrected chi connectivity index (χ2v) is 2.77. The number of hydrogen-bond donors (Lipinski definition) is 0. The van der Waals surface area contributed by atoms with Crippen molar-refractivity contribution in [1.29, 1.82) is 0 Å². The predicted octanol–water partition coefficient (Wildman–Crippen LogP) is 2.81. The standard InChI is InChI=1S/C8H9FS/c1-2-6-5-7(9)3-4-8(6)10/h3-6H,2H2,1H3. The zero-order chi connectivity index (χ0) is 7.56. The molecule has 0 bridgehead atoms. The summed E-state index contributed by atoms with van der Waals surface area (Å²) in [5, 5.41) is 0. The Bertz CT molecular complexity index is 203. The molecule has 2 heteroatoms. The van der Waals surface area contributed by atoms with E-state index in [1.54, 1.807) is 12.2 Å². The molecule has 1 aliphatic carbocycles. The molecule has 10 heavy (non-hydrogen) atoms. The number of hydrogen-bond acceptors (Lipinski definition) is 1. The topological polar surface area (TPSA) is 0 Å². The molecule has 0 aromatic heterocycles. The van der Waals surface area contributed by atoms with Crippen LogP contribution in [0.2, 0.25) is 0 Å². The van der Waals surface area contributed by atoms with E-state index in [0.29, 0.717) is 0 Å². The first-order valence-electron chi connectivity index (χ1n) is 3.33. The molecule has 0 amide bonds. The Morgan fingerprint density at radius 2 is 2.30 bits per heavy atom. The SMILES string of the molecule is CCC1C=C(F)C=CC1=S. The van der Waals surface area contributed by atoms with Crippen molar-refractivity contribution in [3.8, 4) is 0 Å². The third-order valence-electron chi connectivity index (χ3n) is 1.57. The lowest BCUT2D eigenvalue weighted by molar-refractivity contribution is 0.644. The Balaban J connectivity index is 2.76. The minimum absolute atomic E-state index is 0.139. The van der Waals surface area contributed by atoms with Crippen molar-refractivity contribution in [3.63, 3.8) is 0 Å². The molecule has 1 unspecified atom stereocenters. The third kappa shape index (κ3) is 1.51. The van der Waals surface area contributed by atoms with Crippen molar-refractivity contribution in [3.05, 3.63) is 24.1 Å². The van der Waals surface area contributed by atoms with Gasteiger partial charge in [-0.05, 0) is 24.6 Å². The lowest BCUT2D eigenvalue weighted by Gasteiger charge is -2.11. The highest BCUT2D eigenvalue weighted by molar-refractivity contribution is 7.80. The van der Waals surface area contributed by atoms with Gasteiger partial charge in [0.2, 0.25) is 0 Å². The smallest absolute Gasteiger partial charge is 0.119 e. The van der Waals surface area contributed by atoms with Crippen LogP contribution in [0.4, 0.5) is 4.39 Å².